The number of ether oxygens (including phenoxy) is 1. The van der Waals surface area contributed by atoms with E-state index in [2.05, 4.69) is 24.4 Å². The summed E-state index contributed by atoms with van der Waals surface area (Å²) in [5.41, 5.74) is 1.13. The van der Waals surface area contributed by atoms with E-state index in [1.807, 2.05) is 25.2 Å². The summed E-state index contributed by atoms with van der Waals surface area (Å²) in [6, 6.07) is 10.5. The zero-order chi connectivity index (χ0) is 13.1. The molecule has 1 heterocycles. The molecule has 0 radical (unpaired) electrons. The Morgan fingerprint density at radius 3 is 2.67 bits per heavy atom. The van der Waals surface area contributed by atoms with Gasteiger partial charge in [-0.15, -0.1) is 11.3 Å². The molecule has 2 aromatic rings. The lowest BCUT2D eigenvalue weighted by Crippen LogP contribution is -2.10. The highest BCUT2D eigenvalue weighted by atomic mass is 35.5. The van der Waals surface area contributed by atoms with Gasteiger partial charge in [0.05, 0.1) is 12.1 Å². The van der Waals surface area contributed by atoms with Gasteiger partial charge in [-0.05, 0) is 49.9 Å². The number of methoxy groups -OCH3 is 1. The summed E-state index contributed by atoms with van der Waals surface area (Å²) in [4.78, 5) is 2.54. The van der Waals surface area contributed by atoms with Crippen LogP contribution in [0.25, 0.3) is 10.4 Å². The van der Waals surface area contributed by atoms with Crippen LogP contribution in [0.2, 0.25) is 5.02 Å². The van der Waals surface area contributed by atoms with Gasteiger partial charge in [-0.1, -0.05) is 11.6 Å². The van der Waals surface area contributed by atoms with Crippen LogP contribution in [0.3, 0.4) is 0 Å². The molecule has 1 unspecified atom stereocenters. The standard InChI is InChI=1S/C14H16ClNOS/c1-9(16-2)13-6-7-14(18-13)10-4-5-12(17-3)11(15)8-10/h4-9,16H,1-3H3. The molecule has 2 nitrogen and oxygen atoms in total. The van der Waals surface area contributed by atoms with E-state index in [9.17, 15) is 0 Å². The van der Waals surface area contributed by atoms with E-state index in [1.165, 1.54) is 9.75 Å². The molecule has 0 saturated heterocycles. The van der Waals surface area contributed by atoms with E-state index in [1.54, 1.807) is 18.4 Å². The molecule has 1 aromatic carbocycles. The van der Waals surface area contributed by atoms with E-state index in [0.717, 1.165) is 5.56 Å². The molecular formula is C14H16ClNOS. The Morgan fingerprint density at radius 1 is 1.28 bits per heavy atom. The number of halogens is 1. The Kier molecular flexibility index (Phi) is 4.27. The summed E-state index contributed by atoms with van der Waals surface area (Å²) in [6.45, 7) is 2.15. The van der Waals surface area contributed by atoms with Crippen molar-refractivity contribution >= 4 is 22.9 Å². The molecule has 1 aromatic heterocycles. The van der Waals surface area contributed by atoms with Gasteiger partial charge in [0.2, 0.25) is 0 Å². The minimum absolute atomic E-state index is 0.373. The first-order valence-corrected chi connectivity index (χ1v) is 6.96. The summed E-state index contributed by atoms with van der Waals surface area (Å²) >= 11 is 7.92. The molecule has 0 aliphatic rings. The van der Waals surface area contributed by atoms with Crippen LogP contribution in [0.4, 0.5) is 0 Å². The van der Waals surface area contributed by atoms with Crippen LogP contribution in [-0.2, 0) is 0 Å². The summed E-state index contributed by atoms with van der Waals surface area (Å²) in [7, 11) is 3.59. The summed E-state index contributed by atoms with van der Waals surface area (Å²) in [6.07, 6.45) is 0. The number of benzene rings is 1. The lowest BCUT2D eigenvalue weighted by Gasteiger charge is -2.06. The molecular weight excluding hydrogens is 266 g/mol. The lowest BCUT2D eigenvalue weighted by molar-refractivity contribution is 0.415. The summed E-state index contributed by atoms with van der Waals surface area (Å²) in [5.74, 6) is 0.709. The van der Waals surface area contributed by atoms with Crippen molar-refractivity contribution in [3.05, 3.63) is 40.2 Å². The molecule has 18 heavy (non-hydrogen) atoms. The highest BCUT2D eigenvalue weighted by molar-refractivity contribution is 7.15. The number of hydrogen-bond acceptors (Lipinski definition) is 3. The van der Waals surface area contributed by atoms with Crippen molar-refractivity contribution in [3.8, 4) is 16.2 Å². The minimum atomic E-state index is 0.373. The van der Waals surface area contributed by atoms with Crippen molar-refractivity contribution in [2.24, 2.45) is 0 Å². The second-order valence-electron chi connectivity index (χ2n) is 4.06. The molecule has 4 heteroatoms. The fourth-order valence-electron chi connectivity index (χ4n) is 1.70. The van der Waals surface area contributed by atoms with E-state index >= 15 is 0 Å². The first-order chi connectivity index (χ1) is 8.65. The fraction of sp³-hybridized carbons (Fsp3) is 0.286. The Balaban J connectivity index is 2.31. The number of thiophene rings is 1. The van der Waals surface area contributed by atoms with Crippen LogP contribution in [-0.4, -0.2) is 14.2 Å². The van der Waals surface area contributed by atoms with Crippen LogP contribution < -0.4 is 10.1 Å². The number of hydrogen-bond donors (Lipinski definition) is 1. The van der Waals surface area contributed by atoms with Crippen molar-refractivity contribution in [3.63, 3.8) is 0 Å². The van der Waals surface area contributed by atoms with E-state index < -0.39 is 0 Å². The monoisotopic (exact) mass is 281 g/mol. The third-order valence-electron chi connectivity index (χ3n) is 2.92. The minimum Gasteiger partial charge on any atom is -0.495 e. The first-order valence-electron chi connectivity index (χ1n) is 5.76. The van der Waals surface area contributed by atoms with Crippen LogP contribution >= 0.6 is 22.9 Å². The van der Waals surface area contributed by atoms with Gasteiger partial charge in [-0.2, -0.15) is 0 Å². The summed E-state index contributed by atoms with van der Waals surface area (Å²) in [5, 5.41) is 3.88. The maximum Gasteiger partial charge on any atom is 0.137 e. The fourth-order valence-corrected chi connectivity index (χ4v) is 3.03. The van der Waals surface area contributed by atoms with Crippen molar-refractivity contribution in [1.82, 2.24) is 5.32 Å². The van der Waals surface area contributed by atoms with Gasteiger partial charge in [0.1, 0.15) is 5.75 Å². The molecule has 1 atom stereocenters. The normalized spacial score (nSPS) is 12.4. The maximum absolute atomic E-state index is 6.14. The van der Waals surface area contributed by atoms with Crippen LogP contribution in [0, 0.1) is 0 Å². The second-order valence-corrected chi connectivity index (χ2v) is 5.58. The van der Waals surface area contributed by atoms with Crippen LogP contribution in [0.15, 0.2) is 30.3 Å². The van der Waals surface area contributed by atoms with E-state index in [-0.39, 0.29) is 0 Å². The Morgan fingerprint density at radius 2 is 2.06 bits per heavy atom. The van der Waals surface area contributed by atoms with Crippen molar-refractivity contribution in [1.29, 1.82) is 0 Å². The third-order valence-corrected chi connectivity index (χ3v) is 4.54. The van der Waals surface area contributed by atoms with Crippen LogP contribution in [0.5, 0.6) is 5.75 Å². The highest BCUT2D eigenvalue weighted by Gasteiger charge is 2.09. The van der Waals surface area contributed by atoms with Gasteiger partial charge in [-0.3, -0.25) is 0 Å². The predicted octanol–water partition coefficient (Wildman–Crippen LogP) is 4.36. The lowest BCUT2D eigenvalue weighted by atomic mass is 10.2. The average molecular weight is 282 g/mol. The number of nitrogens with one attached hydrogen (secondary N) is 1. The van der Waals surface area contributed by atoms with Gasteiger partial charge in [0, 0.05) is 15.8 Å². The van der Waals surface area contributed by atoms with Crippen LogP contribution in [0.1, 0.15) is 17.8 Å². The van der Waals surface area contributed by atoms with Gasteiger partial charge in [0.15, 0.2) is 0 Å². The Hall–Kier alpha value is -1.03. The zero-order valence-corrected chi connectivity index (χ0v) is 12.2. The molecule has 0 spiro atoms. The highest BCUT2D eigenvalue weighted by Crippen LogP contribution is 2.35. The Labute approximate surface area is 117 Å². The molecule has 2 rings (SSSR count). The molecule has 1 N–H and O–H groups in total. The smallest absolute Gasteiger partial charge is 0.137 e. The first kappa shape index (κ1) is 13.4. The Bertz CT molecular complexity index is 538. The molecule has 0 fully saturated rings. The SMILES string of the molecule is CNC(C)c1ccc(-c2ccc(OC)c(Cl)c2)s1. The van der Waals surface area contributed by atoms with Gasteiger partial charge < -0.3 is 10.1 Å². The molecule has 0 aliphatic heterocycles. The molecule has 0 aliphatic carbocycles. The topological polar surface area (TPSA) is 21.3 Å². The predicted molar refractivity (Wildman–Crippen MR) is 78.8 cm³/mol. The van der Waals surface area contributed by atoms with Gasteiger partial charge in [-0.25, -0.2) is 0 Å². The molecule has 96 valence electrons. The third kappa shape index (κ3) is 2.69. The quantitative estimate of drug-likeness (QED) is 0.899. The second kappa shape index (κ2) is 5.74. The van der Waals surface area contributed by atoms with Gasteiger partial charge in [0.25, 0.3) is 0 Å². The summed E-state index contributed by atoms with van der Waals surface area (Å²) < 4.78 is 5.16. The maximum atomic E-state index is 6.14. The number of rotatable bonds is 4. The van der Waals surface area contributed by atoms with Crippen molar-refractivity contribution in [2.75, 3.05) is 14.2 Å². The van der Waals surface area contributed by atoms with Crippen molar-refractivity contribution < 1.29 is 4.74 Å². The van der Waals surface area contributed by atoms with Gasteiger partial charge >= 0.3 is 0 Å². The largest absolute Gasteiger partial charge is 0.495 e. The average Bonchev–Trinajstić information content (AvgIpc) is 2.87. The van der Waals surface area contributed by atoms with Crippen molar-refractivity contribution in [2.45, 2.75) is 13.0 Å². The molecule has 0 bridgehead atoms. The molecule has 0 saturated carbocycles. The van der Waals surface area contributed by atoms with E-state index in [0.29, 0.717) is 16.8 Å². The van der Waals surface area contributed by atoms with E-state index in [4.69, 9.17) is 16.3 Å². The molecule has 0 amide bonds. The zero-order valence-electron chi connectivity index (χ0n) is 10.7.